The summed E-state index contributed by atoms with van der Waals surface area (Å²) in [6, 6.07) is 8.05. The van der Waals surface area contributed by atoms with E-state index in [0.717, 1.165) is 30.1 Å². The lowest BCUT2D eigenvalue weighted by Gasteiger charge is -2.41. The van der Waals surface area contributed by atoms with E-state index in [9.17, 15) is 0 Å². The molecule has 22 heavy (non-hydrogen) atoms. The van der Waals surface area contributed by atoms with Crippen LogP contribution >= 0.6 is 11.6 Å². The maximum atomic E-state index is 6.02. The van der Waals surface area contributed by atoms with Crippen molar-refractivity contribution < 1.29 is 0 Å². The van der Waals surface area contributed by atoms with Crippen LogP contribution in [0.4, 0.5) is 0 Å². The van der Waals surface area contributed by atoms with E-state index in [2.05, 4.69) is 53.8 Å². The molecule has 1 heterocycles. The first-order valence-electron chi connectivity index (χ1n) is 7.76. The Hall–Kier alpha value is -1.52. The van der Waals surface area contributed by atoms with E-state index in [1.54, 1.807) is 0 Å². The van der Waals surface area contributed by atoms with Crippen LogP contribution in [0.5, 0.6) is 0 Å². The summed E-state index contributed by atoms with van der Waals surface area (Å²) in [5.74, 6) is 0. The van der Waals surface area contributed by atoms with Gasteiger partial charge < -0.3 is 10.7 Å². The Morgan fingerprint density at radius 3 is 2.55 bits per heavy atom. The van der Waals surface area contributed by atoms with Crippen molar-refractivity contribution >= 4 is 11.6 Å². The highest BCUT2D eigenvalue weighted by Gasteiger charge is 2.29. The van der Waals surface area contributed by atoms with Crippen LogP contribution in [-0.4, -0.2) is 22.7 Å². The number of benzene rings is 1. The molecule has 0 amide bonds. The molecule has 4 nitrogen and oxygen atoms in total. The number of nitrogens with two attached hydrogens (primary N) is 1. The molecular weight excluding hydrogens is 296 g/mol. The van der Waals surface area contributed by atoms with Gasteiger partial charge in [-0.25, -0.2) is 4.98 Å². The second-order valence-electron chi connectivity index (χ2n) is 5.97. The number of hydrogen-bond donors (Lipinski definition) is 1. The fraction of sp³-hybridized carbons (Fsp3) is 0.471. The molecule has 0 radical (unpaired) electrons. The summed E-state index contributed by atoms with van der Waals surface area (Å²) in [5.41, 5.74) is 7.70. The number of imidazole rings is 1. The molecule has 0 aliphatic carbocycles. The van der Waals surface area contributed by atoms with Crippen LogP contribution in [0, 0.1) is 0 Å². The molecule has 120 valence electrons. The SMILES string of the molecule is CCCN(n1cnc(CCN)c1)C(C)(C)c1ccc(Cl)cc1. The molecule has 0 spiro atoms. The van der Waals surface area contributed by atoms with Crippen molar-refractivity contribution in [1.29, 1.82) is 0 Å². The fourth-order valence-corrected chi connectivity index (χ4v) is 2.79. The molecule has 0 bridgehead atoms. The number of hydrogen-bond acceptors (Lipinski definition) is 3. The fourth-order valence-electron chi connectivity index (χ4n) is 2.66. The summed E-state index contributed by atoms with van der Waals surface area (Å²) in [6.45, 7) is 8.17. The summed E-state index contributed by atoms with van der Waals surface area (Å²) in [4.78, 5) is 4.45. The molecule has 2 rings (SSSR count). The molecule has 0 aliphatic rings. The molecule has 1 aromatic heterocycles. The Balaban J connectivity index is 2.33. The Morgan fingerprint density at radius 1 is 1.27 bits per heavy atom. The topological polar surface area (TPSA) is 47.1 Å². The minimum absolute atomic E-state index is 0.165. The van der Waals surface area contributed by atoms with Gasteiger partial charge in [0.05, 0.1) is 11.2 Å². The van der Waals surface area contributed by atoms with Crippen LogP contribution in [0.15, 0.2) is 36.8 Å². The van der Waals surface area contributed by atoms with Gasteiger partial charge in [0.2, 0.25) is 0 Å². The van der Waals surface area contributed by atoms with Crippen LogP contribution < -0.4 is 10.7 Å². The summed E-state index contributed by atoms with van der Waals surface area (Å²) in [6.07, 6.45) is 5.80. The van der Waals surface area contributed by atoms with E-state index < -0.39 is 0 Å². The van der Waals surface area contributed by atoms with Gasteiger partial charge in [-0.3, -0.25) is 4.68 Å². The maximum absolute atomic E-state index is 6.02. The van der Waals surface area contributed by atoms with Crippen LogP contribution in [0.3, 0.4) is 0 Å². The first-order chi connectivity index (χ1) is 10.5. The second kappa shape index (κ2) is 7.16. The van der Waals surface area contributed by atoms with Gasteiger partial charge >= 0.3 is 0 Å². The van der Waals surface area contributed by atoms with Crippen molar-refractivity contribution in [3.8, 4) is 0 Å². The standard InChI is InChI=1S/C17H25ClN4/c1-4-11-22(21-12-16(9-10-19)20-13-21)17(2,3)14-5-7-15(18)8-6-14/h5-8,12-13H,4,9-11,19H2,1-3H3. The largest absolute Gasteiger partial charge is 0.330 e. The Bertz CT molecular complexity index is 589. The Morgan fingerprint density at radius 2 is 1.95 bits per heavy atom. The van der Waals surface area contributed by atoms with Gasteiger partial charge in [0.1, 0.15) is 6.33 Å². The molecule has 2 aromatic rings. The maximum Gasteiger partial charge on any atom is 0.114 e. The lowest BCUT2D eigenvalue weighted by molar-refractivity contribution is 0.377. The van der Waals surface area contributed by atoms with Crippen molar-refractivity contribution in [2.24, 2.45) is 5.73 Å². The molecule has 0 saturated carbocycles. The zero-order chi connectivity index (χ0) is 16.2. The van der Waals surface area contributed by atoms with Gasteiger partial charge in [-0.15, -0.1) is 0 Å². The van der Waals surface area contributed by atoms with Crippen molar-refractivity contribution in [2.75, 3.05) is 18.1 Å². The molecule has 0 aliphatic heterocycles. The minimum atomic E-state index is -0.165. The van der Waals surface area contributed by atoms with Gasteiger partial charge in [0.15, 0.2) is 0 Å². The van der Waals surface area contributed by atoms with Gasteiger partial charge in [-0.05, 0) is 44.5 Å². The number of halogens is 1. The van der Waals surface area contributed by atoms with E-state index in [4.69, 9.17) is 17.3 Å². The van der Waals surface area contributed by atoms with E-state index in [-0.39, 0.29) is 5.54 Å². The highest BCUT2D eigenvalue weighted by atomic mass is 35.5. The summed E-state index contributed by atoms with van der Waals surface area (Å²) in [5, 5.41) is 3.08. The average Bonchev–Trinajstić information content (AvgIpc) is 2.93. The van der Waals surface area contributed by atoms with E-state index in [1.807, 2.05) is 18.5 Å². The van der Waals surface area contributed by atoms with Gasteiger partial charge in [0.25, 0.3) is 0 Å². The van der Waals surface area contributed by atoms with E-state index in [1.165, 1.54) is 5.56 Å². The lowest BCUT2D eigenvalue weighted by Crippen LogP contribution is -2.49. The summed E-state index contributed by atoms with van der Waals surface area (Å²) < 4.78 is 2.09. The van der Waals surface area contributed by atoms with E-state index in [0.29, 0.717) is 6.54 Å². The predicted octanol–water partition coefficient (Wildman–Crippen LogP) is 3.32. The Labute approximate surface area is 137 Å². The highest BCUT2D eigenvalue weighted by molar-refractivity contribution is 6.30. The zero-order valence-electron chi connectivity index (χ0n) is 13.6. The van der Waals surface area contributed by atoms with Crippen molar-refractivity contribution in [1.82, 2.24) is 9.66 Å². The molecule has 0 atom stereocenters. The predicted molar refractivity (Wildman–Crippen MR) is 92.8 cm³/mol. The summed E-state index contributed by atoms with van der Waals surface area (Å²) in [7, 11) is 0. The minimum Gasteiger partial charge on any atom is -0.330 e. The Kier molecular flexibility index (Phi) is 5.48. The third kappa shape index (κ3) is 3.62. The van der Waals surface area contributed by atoms with Crippen LogP contribution in [-0.2, 0) is 12.0 Å². The average molecular weight is 321 g/mol. The van der Waals surface area contributed by atoms with Crippen molar-refractivity contribution in [3.05, 3.63) is 53.1 Å². The zero-order valence-corrected chi connectivity index (χ0v) is 14.3. The molecule has 0 saturated heterocycles. The number of aromatic nitrogens is 2. The smallest absolute Gasteiger partial charge is 0.114 e. The molecule has 2 N–H and O–H groups in total. The third-order valence-corrected chi connectivity index (χ3v) is 4.19. The van der Waals surface area contributed by atoms with Gasteiger partial charge in [0, 0.05) is 24.2 Å². The normalized spacial score (nSPS) is 11.7. The van der Waals surface area contributed by atoms with Crippen molar-refractivity contribution in [3.63, 3.8) is 0 Å². The highest BCUT2D eigenvalue weighted by Crippen LogP contribution is 2.28. The van der Waals surface area contributed by atoms with Crippen LogP contribution in [0.25, 0.3) is 0 Å². The molecule has 1 aromatic carbocycles. The quantitative estimate of drug-likeness (QED) is 0.851. The molecule has 0 fully saturated rings. The van der Waals surface area contributed by atoms with Gasteiger partial charge in [-0.2, -0.15) is 0 Å². The first kappa shape index (κ1) is 16.8. The molecule has 0 unspecified atom stereocenters. The molecule has 5 heteroatoms. The molecular formula is C17H25ClN4. The van der Waals surface area contributed by atoms with E-state index >= 15 is 0 Å². The first-order valence-corrected chi connectivity index (χ1v) is 8.13. The lowest BCUT2D eigenvalue weighted by atomic mass is 9.93. The second-order valence-corrected chi connectivity index (χ2v) is 6.41. The summed E-state index contributed by atoms with van der Waals surface area (Å²) >= 11 is 6.02. The monoisotopic (exact) mass is 320 g/mol. The number of nitrogens with zero attached hydrogens (tertiary/aromatic N) is 3. The van der Waals surface area contributed by atoms with Gasteiger partial charge in [-0.1, -0.05) is 30.7 Å². The van der Waals surface area contributed by atoms with Crippen LogP contribution in [0.2, 0.25) is 5.02 Å². The third-order valence-electron chi connectivity index (χ3n) is 3.93. The number of rotatable bonds is 7. The van der Waals surface area contributed by atoms with Crippen molar-refractivity contribution in [2.45, 2.75) is 39.2 Å². The van der Waals surface area contributed by atoms with Crippen LogP contribution in [0.1, 0.15) is 38.4 Å².